The molecule has 0 saturated carbocycles. The van der Waals surface area contributed by atoms with Crippen molar-refractivity contribution in [3.05, 3.63) is 98.5 Å². The van der Waals surface area contributed by atoms with Gasteiger partial charge in [-0.15, -0.1) is 0 Å². The van der Waals surface area contributed by atoms with Gasteiger partial charge in [-0.1, -0.05) is 49.4 Å². The Bertz CT molecular complexity index is 1280. The molecule has 0 radical (unpaired) electrons. The predicted molar refractivity (Wildman–Crippen MR) is 155 cm³/mol. The minimum absolute atomic E-state index is 0.0924. The molecule has 0 aromatic heterocycles. The molecule has 2 heterocycles. The first-order valence-corrected chi connectivity index (χ1v) is 14.1. The zero-order valence-corrected chi connectivity index (χ0v) is 23.6. The van der Waals surface area contributed by atoms with Crippen LogP contribution in [0.4, 0.5) is 5.69 Å². The van der Waals surface area contributed by atoms with Gasteiger partial charge in [0.1, 0.15) is 0 Å². The topological polar surface area (TPSA) is 125 Å². The molecule has 2 aromatic carbocycles. The highest BCUT2D eigenvalue weighted by Gasteiger charge is 2.37. The number of amides is 1. The highest BCUT2D eigenvalue weighted by molar-refractivity contribution is 5.91. The second-order valence-electron chi connectivity index (χ2n) is 10.4. The van der Waals surface area contributed by atoms with Crippen molar-refractivity contribution in [2.24, 2.45) is 0 Å². The molecule has 1 atom stereocenters. The Morgan fingerprint density at radius 3 is 2.37 bits per heavy atom. The fourth-order valence-corrected chi connectivity index (χ4v) is 5.95. The number of non-ortho nitro benzene ring substituents is 1. The Balaban J connectivity index is 1.55. The molecule has 0 aliphatic carbocycles. The number of allylic oxidation sites excluding steroid dienone is 2. The number of carboxylic acid groups (broad SMARTS) is 1. The van der Waals surface area contributed by atoms with E-state index in [9.17, 15) is 24.8 Å². The summed E-state index contributed by atoms with van der Waals surface area (Å²) >= 11 is 0. The molecule has 41 heavy (non-hydrogen) atoms. The standard InChI is InChI=1S/C31H38N4O6/c1-3-26-29(31(37)38)28(24-10-12-25(13-11-24)35(39)40)30(27(32-26)20-41-2)34(21-36)17-7-16-33-18-14-23(15-19-33)22-8-5-4-6-9-22/h4-6,8-13,21,23,28,32H,3,7,14-20H2,1-2H3,(H,37,38). The van der Waals surface area contributed by atoms with E-state index in [2.05, 4.69) is 34.5 Å². The molecule has 1 amide bonds. The molecule has 0 bridgehead atoms. The Kier molecular flexibility index (Phi) is 10.3. The van der Waals surface area contributed by atoms with E-state index in [1.807, 2.05) is 13.0 Å². The number of nitro benzene ring substituents is 1. The fraction of sp³-hybridized carbons (Fsp3) is 0.419. The quantitative estimate of drug-likeness (QED) is 0.206. The number of carboxylic acids is 1. The van der Waals surface area contributed by atoms with Crippen molar-refractivity contribution in [3.8, 4) is 0 Å². The number of methoxy groups -OCH3 is 1. The molecule has 1 unspecified atom stereocenters. The first kappa shape index (κ1) is 30.0. The third-order valence-corrected chi connectivity index (χ3v) is 7.98. The zero-order chi connectivity index (χ0) is 29.4. The molecule has 2 aromatic rings. The van der Waals surface area contributed by atoms with Crippen LogP contribution >= 0.6 is 0 Å². The number of carbonyl (C=O) groups excluding carboxylic acids is 1. The molecule has 2 aliphatic rings. The van der Waals surface area contributed by atoms with Crippen LogP contribution in [0.5, 0.6) is 0 Å². The average Bonchev–Trinajstić information content (AvgIpc) is 3.00. The van der Waals surface area contributed by atoms with Crippen molar-refractivity contribution in [2.75, 3.05) is 39.9 Å². The van der Waals surface area contributed by atoms with Gasteiger partial charge in [-0.2, -0.15) is 0 Å². The minimum Gasteiger partial charge on any atom is -0.478 e. The van der Waals surface area contributed by atoms with Crippen LogP contribution in [-0.4, -0.2) is 72.1 Å². The van der Waals surface area contributed by atoms with Crippen LogP contribution in [0.3, 0.4) is 0 Å². The minimum atomic E-state index is -1.11. The third-order valence-electron chi connectivity index (χ3n) is 7.98. The zero-order valence-electron chi connectivity index (χ0n) is 23.6. The van der Waals surface area contributed by atoms with Crippen LogP contribution in [0.25, 0.3) is 0 Å². The van der Waals surface area contributed by atoms with Gasteiger partial charge in [0.15, 0.2) is 0 Å². The molecule has 218 valence electrons. The van der Waals surface area contributed by atoms with Gasteiger partial charge in [0.25, 0.3) is 5.69 Å². The Labute approximate surface area is 240 Å². The lowest BCUT2D eigenvalue weighted by molar-refractivity contribution is -0.384. The molecule has 0 spiro atoms. The number of dihydropyridines is 1. The maximum Gasteiger partial charge on any atom is 0.334 e. The van der Waals surface area contributed by atoms with Crippen LogP contribution in [0.2, 0.25) is 0 Å². The Hall–Kier alpha value is -4.02. The maximum atomic E-state index is 12.6. The molecular formula is C31H38N4O6. The van der Waals surface area contributed by atoms with Crippen molar-refractivity contribution in [3.63, 3.8) is 0 Å². The van der Waals surface area contributed by atoms with E-state index in [-0.39, 0.29) is 17.9 Å². The van der Waals surface area contributed by atoms with Gasteiger partial charge < -0.3 is 25.0 Å². The van der Waals surface area contributed by atoms with Gasteiger partial charge >= 0.3 is 5.97 Å². The van der Waals surface area contributed by atoms with Gasteiger partial charge in [0.05, 0.1) is 34.4 Å². The van der Waals surface area contributed by atoms with E-state index in [0.29, 0.717) is 48.0 Å². The molecule has 1 fully saturated rings. The van der Waals surface area contributed by atoms with E-state index >= 15 is 0 Å². The summed E-state index contributed by atoms with van der Waals surface area (Å²) in [5, 5.41) is 24.8. The number of carbonyl (C=O) groups is 2. The SMILES string of the molecule is CCC1=C(C(=O)O)C(c2ccc([N+](=O)[O-])cc2)C(N(C=O)CCCN2CCC(c3ccccc3)CC2)=C(COC)N1. The molecule has 2 aliphatic heterocycles. The Morgan fingerprint density at radius 2 is 1.80 bits per heavy atom. The number of rotatable bonds is 13. The summed E-state index contributed by atoms with van der Waals surface area (Å²) in [4.78, 5) is 39.9. The number of hydrogen-bond donors (Lipinski definition) is 2. The van der Waals surface area contributed by atoms with Crippen LogP contribution in [0, 0.1) is 10.1 Å². The van der Waals surface area contributed by atoms with E-state index in [1.165, 1.54) is 17.7 Å². The summed E-state index contributed by atoms with van der Waals surface area (Å²) in [6, 6.07) is 16.4. The van der Waals surface area contributed by atoms with Crippen molar-refractivity contribution in [2.45, 2.75) is 44.4 Å². The van der Waals surface area contributed by atoms with Gasteiger partial charge in [-0.3, -0.25) is 14.9 Å². The normalized spacial score (nSPS) is 18.2. The number of piperidine rings is 1. The molecule has 1 saturated heterocycles. The van der Waals surface area contributed by atoms with E-state index < -0.39 is 16.8 Å². The first-order valence-electron chi connectivity index (χ1n) is 14.1. The number of benzene rings is 2. The smallest absolute Gasteiger partial charge is 0.334 e. The molecule has 4 rings (SSSR count). The Morgan fingerprint density at radius 1 is 1.12 bits per heavy atom. The average molecular weight is 563 g/mol. The lowest BCUT2D eigenvalue weighted by Gasteiger charge is -2.37. The number of nitro groups is 1. The second-order valence-corrected chi connectivity index (χ2v) is 10.4. The second kappa shape index (κ2) is 14.0. The van der Waals surface area contributed by atoms with Crippen molar-refractivity contribution < 1.29 is 24.4 Å². The lowest BCUT2D eigenvalue weighted by Crippen LogP contribution is -2.40. The lowest BCUT2D eigenvalue weighted by atomic mass is 9.82. The predicted octanol–water partition coefficient (Wildman–Crippen LogP) is 4.62. The van der Waals surface area contributed by atoms with E-state index in [0.717, 1.165) is 38.9 Å². The number of hydrogen-bond acceptors (Lipinski definition) is 7. The van der Waals surface area contributed by atoms with Gasteiger partial charge in [0.2, 0.25) is 6.41 Å². The fourth-order valence-electron chi connectivity index (χ4n) is 5.95. The van der Waals surface area contributed by atoms with Crippen molar-refractivity contribution in [1.29, 1.82) is 0 Å². The largest absolute Gasteiger partial charge is 0.478 e. The summed E-state index contributed by atoms with van der Waals surface area (Å²) in [5.74, 6) is -1.36. The summed E-state index contributed by atoms with van der Waals surface area (Å²) in [6.07, 6.45) is 4.04. The van der Waals surface area contributed by atoms with Crippen LogP contribution < -0.4 is 5.32 Å². The number of aliphatic carboxylic acids is 1. The first-order chi connectivity index (χ1) is 19.9. The maximum absolute atomic E-state index is 12.6. The summed E-state index contributed by atoms with van der Waals surface area (Å²) in [6.45, 7) is 5.17. The summed E-state index contributed by atoms with van der Waals surface area (Å²) < 4.78 is 5.45. The molecule has 10 heteroatoms. The number of likely N-dealkylation sites (tertiary alicyclic amines) is 1. The van der Waals surface area contributed by atoms with Gasteiger partial charge in [-0.25, -0.2) is 4.79 Å². The van der Waals surface area contributed by atoms with Gasteiger partial charge in [-0.05, 0) is 62.4 Å². The molecule has 2 N–H and O–H groups in total. The highest BCUT2D eigenvalue weighted by atomic mass is 16.6. The van der Waals surface area contributed by atoms with E-state index in [1.54, 1.807) is 24.1 Å². The third kappa shape index (κ3) is 7.01. The van der Waals surface area contributed by atoms with Gasteiger partial charge in [0, 0.05) is 31.5 Å². The van der Waals surface area contributed by atoms with Crippen LogP contribution in [-0.2, 0) is 14.3 Å². The molecule has 10 nitrogen and oxygen atoms in total. The van der Waals surface area contributed by atoms with E-state index in [4.69, 9.17) is 4.74 Å². The summed E-state index contributed by atoms with van der Waals surface area (Å²) in [7, 11) is 1.54. The number of ether oxygens (including phenoxy) is 1. The van der Waals surface area contributed by atoms with Crippen LogP contribution in [0.15, 0.2) is 77.3 Å². The van der Waals surface area contributed by atoms with Crippen LogP contribution in [0.1, 0.15) is 55.6 Å². The number of nitrogens with one attached hydrogen (secondary N) is 1. The number of nitrogens with zero attached hydrogens (tertiary/aromatic N) is 3. The monoisotopic (exact) mass is 562 g/mol. The summed E-state index contributed by atoms with van der Waals surface area (Å²) in [5.41, 5.74) is 3.58. The molecular weight excluding hydrogens is 524 g/mol. The van der Waals surface area contributed by atoms with Crippen molar-refractivity contribution in [1.82, 2.24) is 15.1 Å². The highest BCUT2D eigenvalue weighted by Crippen LogP contribution is 2.41. The van der Waals surface area contributed by atoms with Crippen molar-refractivity contribution >= 4 is 18.1 Å².